The predicted molar refractivity (Wildman–Crippen MR) is 110 cm³/mol. The van der Waals surface area contributed by atoms with E-state index in [4.69, 9.17) is 21.1 Å². The molecule has 0 N–H and O–H groups in total. The van der Waals surface area contributed by atoms with Crippen molar-refractivity contribution in [1.82, 2.24) is 4.90 Å². The molecule has 10 heteroatoms. The lowest BCUT2D eigenvalue weighted by Crippen LogP contribution is -2.49. The van der Waals surface area contributed by atoms with Gasteiger partial charge >= 0.3 is 5.97 Å². The zero-order valence-electron chi connectivity index (χ0n) is 16.2. The Bertz CT molecular complexity index is 942. The molecule has 1 fully saturated rings. The summed E-state index contributed by atoms with van der Waals surface area (Å²) in [4.78, 5) is 38.6. The average Bonchev–Trinajstić information content (AvgIpc) is 2.77. The van der Waals surface area contributed by atoms with Gasteiger partial charge in [0.1, 0.15) is 5.75 Å². The van der Waals surface area contributed by atoms with Gasteiger partial charge in [-0.3, -0.25) is 14.9 Å². The van der Waals surface area contributed by atoms with E-state index in [0.29, 0.717) is 26.2 Å². The van der Waals surface area contributed by atoms with Crippen molar-refractivity contribution in [1.29, 1.82) is 0 Å². The second kappa shape index (κ2) is 9.45. The summed E-state index contributed by atoms with van der Waals surface area (Å²) in [5.41, 5.74) is 0.602. The van der Waals surface area contributed by atoms with Crippen LogP contribution >= 0.6 is 11.6 Å². The summed E-state index contributed by atoms with van der Waals surface area (Å²) in [7, 11) is 1.61. The molecule has 1 amide bonds. The molecular formula is C20H20ClN3O6. The first-order chi connectivity index (χ1) is 14.4. The first-order valence-electron chi connectivity index (χ1n) is 9.17. The van der Waals surface area contributed by atoms with E-state index >= 15 is 0 Å². The summed E-state index contributed by atoms with van der Waals surface area (Å²) in [6, 6.07) is 11.1. The quantitative estimate of drug-likeness (QED) is 0.392. The summed E-state index contributed by atoms with van der Waals surface area (Å²) >= 11 is 5.92. The molecule has 0 aromatic heterocycles. The minimum absolute atomic E-state index is 0.0196. The van der Waals surface area contributed by atoms with Crippen molar-refractivity contribution in [3.05, 3.63) is 63.2 Å². The second-order valence-corrected chi connectivity index (χ2v) is 6.97. The molecule has 0 radical (unpaired) electrons. The van der Waals surface area contributed by atoms with Crippen LogP contribution in [0, 0.1) is 10.1 Å². The highest BCUT2D eigenvalue weighted by Gasteiger charge is 2.23. The average molecular weight is 434 g/mol. The number of piperazine rings is 1. The van der Waals surface area contributed by atoms with Gasteiger partial charge in [0.2, 0.25) is 0 Å². The van der Waals surface area contributed by atoms with Gasteiger partial charge in [0, 0.05) is 44.0 Å². The van der Waals surface area contributed by atoms with Gasteiger partial charge in [-0.25, -0.2) is 4.79 Å². The maximum Gasteiger partial charge on any atom is 0.340 e. The molecule has 1 aliphatic rings. The van der Waals surface area contributed by atoms with Crippen LogP contribution in [0.2, 0.25) is 5.02 Å². The maximum atomic E-state index is 12.4. The molecule has 1 heterocycles. The molecule has 30 heavy (non-hydrogen) atoms. The molecule has 0 saturated carbocycles. The molecule has 158 valence electrons. The summed E-state index contributed by atoms with van der Waals surface area (Å²) < 4.78 is 10.2. The third-order valence-electron chi connectivity index (χ3n) is 4.78. The van der Waals surface area contributed by atoms with E-state index in [2.05, 4.69) is 4.90 Å². The largest absolute Gasteiger partial charge is 0.497 e. The fourth-order valence-corrected chi connectivity index (χ4v) is 3.28. The molecule has 9 nitrogen and oxygen atoms in total. The number of anilines is 1. The lowest BCUT2D eigenvalue weighted by Gasteiger charge is -2.36. The van der Waals surface area contributed by atoms with E-state index in [1.165, 1.54) is 12.1 Å². The number of non-ortho nitro benzene ring substituents is 1. The number of halogens is 1. The minimum atomic E-state index is -0.881. The van der Waals surface area contributed by atoms with Crippen molar-refractivity contribution in [3.63, 3.8) is 0 Å². The molecule has 2 aromatic rings. The number of hydrogen-bond donors (Lipinski definition) is 0. The Morgan fingerprint density at radius 3 is 2.37 bits per heavy atom. The molecule has 2 aromatic carbocycles. The van der Waals surface area contributed by atoms with Crippen LogP contribution in [0.4, 0.5) is 11.4 Å². The number of rotatable bonds is 6. The molecule has 3 rings (SSSR count). The highest BCUT2D eigenvalue weighted by Crippen LogP contribution is 2.23. The summed E-state index contributed by atoms with van der Waals surface area (Å²) in [5.74, 6) is -0.438. The highest BCUT2D eigenvalue weighted by atomic mass is 35.5. The van der Waals surface area contributed by atoms with E-state index in [0.717, 1.165) is 17.5 Å². The second-order valence-electron chi connectivity index (χ2n) is 6.56. The molecule has 1 saturated heterocycles. The van der Waals surface area contributed by atoms with Gasteiger partial charge in [-0.1, -0.05) is 11.6 Å². The number of carbonyl (C=O) groups is 2. The first-order valence-corrected chi connectivity index (χ1v) is 9.54. The number of nitro groups is 1. The summed E-state index contributed by atoms with van der Waals surface area (Å²) in [6.07, 6.45) is 0. The fourth-order valence-electron chi connectivity index (χ4n) is 3.09. The number of nitro benzene ring substituents is 1. The standard InChI is InChI=1S/C20H20ClN3O6/c1-29-16-5-2-14(3-6-16)22-8-10-23(11-9-22)19(25)13-30-20(26)17-12-15(24(27)28)4-7-18(17)21/h2-7,12H,8-11,13H2,1H3. The van der Waals surface area contributed by atoms with E-state index < -0.39 is 17.5 Å². The van der Waals surface area contributed by atoms with Gasteiger partial charge in [-0.15, -0.1) is 0 Å². The predicted octanol–water partition coefficient (Wildman–Crippen LogP) is 2.76. The van der Waals surface area contributed by atoms with Gasteiger partial charge in [-0.05, 0) is 30.3 Å². The van der Waals surface area contributed by atoms with Gasteiger partial charge in [-0.2, -0.15) is 0 Å². The van der Waals surface area contributed by atoms with Crippen LogP contribution in [0.25, 0.3) is 0 Å². The Morgan fingerprint density at radius 1 is 1.10 bits per heavy atom. The third kappa shape index (κ3) is 4.98. The van der Waals surface area contributed by atoms with Crippen LogP contribution < -0.4 is 9.64 Å². The Balaban J connectivity index is 1.52. The smallest absolute Gasteiger partial charge is 0.340 e. The van der Waals surface area contributed by atoms with E-state index in [-0.39, 0.29) is 22.2 Å². The summed E-state index contributed by atoms with van der Waals surface area (Å²) in [5, 5.41) is 10.9. The van der Waals surface area contributed by atoms with Crippen LogP contribution in [0.15, 0.2) is 42.5 Å². The highest BCUT2D eigenvalue weighted by molar-refractivity contribution is 6.33. The van der Waals surface area contributed by atoms with Crippen molar-refractivity contribution in [3.8, 4) is 5.75 Å². The Hall–Kier alpha value is -3.33. The number of hydrogen-bond acceptors (Lipinski definition) is 7. The van der Waals surface area contributed by atoms with Crippen molar-refractivity contribution in [2.75, 3.05) is 44.8 Å². The number of esters is 1. The Morgan fingerprint density at radius 2 is 1.77 bits per heavy atom. The Kier molecular flexibility index (Phi) is 6.73. The SMILES string of the molecule is COc1ccc(N2CCN(C(=O)COC(=O)c3cc([N+](=O)[O-])ccc3Cl)CC2)cc1. The lowest BCUT2D eigenvalue weighted by atomic mass is 10.2. The topological polar surface area (TPSA) is 102 Å². The zero-order chi connectivity index (χ0) is 21.7. The van der Waals surface area contributed by atoms with E-state index in [1.807, 2.05) is 24.3 Å². The first kappa shape index (κ1) is 21.4. The number of ether oxygens (including phenoxy) is 2. The van der Waals surface area contributed by atoms with Crippen molar-refractivity contribution >= 4 is 34.9 Å². The molecule has 1 aliphatic heterocycles. The molecule has 0 spiro atoms. The van der Waals surface area contributed by atoms with Crippen LogP contribution in [0.1, 0.15) is 10.4 Å². The van der Waals surface area contributed by atoms with Gasteiger partial charge in [0.15, 0.2) is 6.61 Å². The fraction of sp³-hybridized carbons (Fsp3) is 0.300. The van der Waals surface area contributed by atoms with Gasteiger partial charge in [0.05, 0.1) is 22.6 Å². The van der Waals surface area contributed by atoms with E-state index in [1.54, 1.807) is 12.0 Å². The summed E-state index contributed by atoms with van der Waals surface area (Å²) in [6.45, 7) is 1.80. The Labute approximate surface area is 177 Å². The maximum absolute atomic E-state index is 12.4. The van der Waals surface area contributed by atoms with Crippen LogP contribution in [0.5, 0.6) is 5.75 Å². The van der Waals surface area contributed by atoms with Crippen molar-refractivity contribution in [2.24, 2.45) is 0 Å². The molecule has 0 aliphatic carbocycles. The van der Waals surface area contributed by atoms with Crippen LogP contribution in [-0.4, -0.2) is 61.6 Å². The third-order valence-corrected chi connectivity index (χ3v) is 5.11. The zero-order valence-corrected chi connectivity index (χ0v) is 17.0. The minimum Gasteiger partial charge on any atom is -0.497 e. The van der Waals surface area contributed by atoms with Crippen LogP contribution in [-0.2, 0) is 9.53 Å². The number of nitrogens with zero attached hydrogens (tertiary/aromatic N) is 3. The number of benzene rings is 2. The number of amides is 1. The number of methoxy groups -OCH3 is 1. The molecule has 0 unspecified atom stereocenters. The van der Waals surface area contributed by atoms with Crippen LogP contribution in [0.3, 0.4) is 0 Å². The molecule has 0 bridgehead atoms. The van der Waals surface area contributed by atoms with Gasteiger partial charge < -0.3 is 19.3 Å². The van der Waals surface area contributed by atoms with Gasteiger partial charge in [0.25, 0.3) is 11.6 Å². The monoisotopic (exact) mass is 433 g/mol. The lowest BCUT2D eigenvalue weighted by molar-refractivity contribution is -0.384. The molecular weight excluding hydrogens is 414 g/mol. The number of carbonyl (C=O) groups excluding carboxylic acids is 2. The van der Waals surface area contributed by atoms with E-state index in [9.17, 15) is 19.7 Å². The molecule has 0 atom stereocenters. The normalized spacial score (nSPS) is 13.7. The van der Waals surface area contributed by atoms with Crippen molar-refractivity contribution in [2.45, 2.75) is 0 Å². The van der Waals surface area contributed by atoms with Crippen molar-refractivity contribution < 1.29 is 24.0 Å².